The molecule has 0 aliphatic heterocycles. The van der Waals surface area contributed by atoms with Crippen LogP contribution in [0.25, 0.3) is 11.1 Å². The molecule has 0 spiro atoms. The SMILES string of the molecule is CC(C)(C)c1cccc(-c2cc(SNS(C)(=O)=O)ccc2Cl)c1F. The van der Waals surface area contributed by atoms with E-state index in [4.69, 9.17) is 11.6 Å². The van der Waals surface area contributed by atoms with Crippen molar-refractivity contribution in [2.24, 2.45) is 0 Å². The molecule has 0 unspecified atom stereocenters. The van der Waals surface area contributed by atoms with E-state index >= 15 is 0 Å². The van der Waals surface area contributed by atoms with Crippen molar-refractivity contribution in [1.29, 1.82) is 0 Å². The van der Waals surface area contributed by atoms with Gasteiger partial charge in [-0.15, -0.1) is 0 Å². The second-order valence-electron chi connectivity index (χ2n) is 6.52. The van der Waals surface area contributed by atoms with Crippen LogP contribution < -0.4 is 4.13 Å². The molecule has 3 nitrogen and oxygen atoms in total. The molecule has 0 atom stereocenters. The Morgan fingerprint density at radius 3 is 2.38 bits per heavy atom. The summed E-state index contributed by atoms with van der Waals surface area (Å²) >= 11 is 7.19. The van der Waals surface area contributed by atoms with E-state index in [9.17, 15) is 12.8 Å². The molecule has 0 radical (unpaired) electrons. The van der Waals surface area contributed by atoms with Gasteiger partial charge in [0.1, 0.15) is 5.82 Å². The standard InChI is InChI=1S/C17H19ClFNO2S2/c1-17(2,3)14-7-5-6-12(16(14)19)13-10-11(8-9-15(13)18)23-20-24(4,21)22/h5-10,20H,1-4H3. The fourth-order valence-electron chi connectivity index (χ4n) is 2.22. The van der Waals surface area contributed by atoms with Crippen LogP contribution in [0.1, 0.15) is 26.3 Å². The number of hydrogen-bond donors (Lipinski definition) is 1. The normalized spacial score (nSPS) is 12.4. The van der Waals surface area contributed by atoms with Crippen LogP contribution in [0.3, 0.4) is 0 Å². The molecule has 0 aliphatic rings. The second-order valence-corrected chi connectivity index (χ2v) is 9.81. The van der Waals surface area contributed by atoms with Gasteiger partial charge in [0, 0.05) is 21.0 Å². The minimum Gasteiger partial charge on any atom is -0.212 e. The third-order valence-corrected chi connectivity index (χ3v) is 5.71. The van der Waals surface area contributed by atoms with Crippen LogP contribution in [-0.4, -0.2) is 14.7 Å². The molecule has 0 saturated carbocycles. The average Bonchev–Trinajstić information content (AvgIpc) is 2.45. The molecule has 24 heavy (non-hydrogen) atoms. The number of sulfonamides is 1. The minimum atomic E-state index is -3.34. The summed E-state index contributed by atoms with van der Waals surface area (Å²) < 4.78 is 39.7. The van der Waals surface area contributed by atoms with Crippen molar-refractivity contribution in [3.8, 4) is 11.1 Å². The van der Waals surface area contributed by atoms with Crippen molar-refractivity contribution >= 4 is 33.6 Å². The van der Waals surface area contributed by atoms with Crippen molar-refractivity contribution < 1.29 is 12.8 Å². The smallest absolute Gasteiger partial charge is 0.212 e. The highest BCUT2D eigenvalue weighted by atomic mass is 35.5. The predicted molar refractivity (Wildman–Crippen MR) is 99.4 cm³/mol. The quantitative estimate of drug-likeness (QED) is 0.751. The van der Waals surface area contributed by atoms with Gasteiger partial charge < -0.3 is 0 Å². The van der Waals surface area contributed by atoms with E-state index < -0.39 is 10.0 Å². The van der Waals surface area contributed by atoms with Crippen LogP contribution in [0.4, 0.5) is 4.39 Å². The molecule has 130 valence electrons. The van der Waals surface area contributed by atoms with E-state index in [1.54, 1.807) is 36.4 Å². The van der Waals surface area contributed by atoms with Crippen molar-refractivity contribution in [3.05, 3.63) is 52.8 Å². The predicted octanol–water partition coefficient (Wildman–Crippen LogP) is 5.00. The van der Waals surface area contributed by atoms with Gasteiger partial charge in [0.25, 0.3) is 0 Å². The molecule has 0 saturated heterocycles. The van der Waals surface area contributed by atoms with Crippen LogP contribution in [0.15, 0.2) is 41.3 Å². The van der Waals surface area contributed by atoms with Crippen LogP contribution in [0.5, 0.6) is 0 Å². The summed E-state index contributed by atoms with van der Waals surface area (Å²) in [6, 6.07) is 10.2. The first-order valence-electron chi connectivity index (χ1n) is 7.21. The van der Waals surface area contributed by atoms with Gasteiger partial charge in [0.15, 0.2) is 0 Å². The molecule has 0 amide bonds. The number of nitrogens with one attached hydrogen (secondary N) is 1. The maximum absolute atomic E-state index is 15.0. The topological polar surface area (TPSA) is 46.2 Å². The third kappa shape index (κ3) is 4.72. The van der Waals surface area contributed by atoms with Crippen LogP contribution >= 0.6 is 23.5 Å². The Labute approximate surface area is 151 Å². The van der Waals surface area contributed by atoms with Crippen molar-refractivity contribution in [3.63, 3.8) is 0 Å². The molecule has 0 fully saturated rings. The first kappa shape index (κ1) is 19.2. The molecular weight excluding hydrogens is 369 g/mol. The van der Waals surface area contributed by atoms with E-state index in [0.29, 0.717) is 26.6 Å². The Kier molecular flexibility index (Phi) is 5.64. The highest BCUT2D eigenvalue weighted by Crippen LogP contribution is 2.36. The van der Waals surface area contributed by atoms with Gasteiger partial charge >= 0.3 is 0 Å². The Hall–Kier alpha value is -1.08. The summed E-state index contributed by atoms with van der Waals surface area (Å²) in [6.45, 7) is 5.83. The monoisotopic (exact) mass is 387 g/mol. The van der Waals surface area contributed by atoms with E-state index in [1.165, 1.54) is 0 Å². The Morgan fingerprint density at radius 2 is 1.79 bits per heavy atom. The number of hydrogen-bond acceptors (Lipinski definition) is 3. The lowest BCUT2D eigenvalue weighted by molar-refractivity contribution is 0.525. The zero-order valence-electron chi connectivity index (χ0n) is 13.9. The molecule has 0 bridgehead atoms. The van der Waals surface area contributed by atoms with Gasteiger partial charge in [0.05, 0.1) is 6.26 Å². The third-order valence-electron chi connectivity index (χ3n) is 3.35. The lowest BCUT2D eigenvalue weighted by Crippen LogP contribution is -2.14. The highest BCUT2D eigenvalue weighted by molar-refractivity contribution is 8.09. The molecule has 0 heterocycles. The molecule has 2 aromatic carbocycles. The Bertz CT molecular complexity index is 861. The van der Waals surface area contributed by atoms with Crippen LogP contribution in [0.2, 0.25) is 5.02 Å². The lowest BCUT2D eigenvalue weighted by atomic mass is 9.85. The molecule has 1 N–H and O–H groups in total. The zero-order valence-corrected chi connectivity index (χ0v) is 16.2. The molecular formula is C17H19ClFNO2S2. The van der Waals surface area contributed by atoms with E-state index in [-0.39, 0.29) is 11.2 Å². The van der Waals surface area contributed by atoms with Crippen LogP contribution in [0, 0.1) is 5.82 Å². The maximum atomic E-state index is 15.0. The van der Waals surface area contributed by atoms with Crippen molar-refractivity contribution in [2.75, 3.05) is 6.26 Å². The Balaban J connectivity index is 2.49. The van der Waals surface area contributed by atoms with Crippen molar-refractivity contribution in [1.82, 2.24) is 4.13 Å². The van der Waals surface area contributed by atoms with Crippen LogP contribution in [-0.2, 0) is 15.4 Å². The number of benzene rings is 2. The summed E-state index contributed by atoms with van der Waals surface area (Å²) in [5, 5.41) is 0.406. The molecule has 0 aliphatic carbocycles. The van der Waals surface area contributed by atoms with Gasteiger partial charge in [-0.3, -0.25) is 0 Å². The molecule has 2 aromatic rings. The second kappa shape index (κ2) is 7.04. The maximum Gasteiger partial charge on any atom is 0.218 e. The average molecular weight is 388 g/mol. The lowest BCUT2D eigenvalue weighted by Gasteiger charge is -2.21. The first-order valence-corrected chi connectivity index (χ1v) is 10.3. The Morgan fingerprint density at radius 1 is 1.12 bits per heavy atom. The van der Waals surface area contributed by atoms with Gasteiger partial charge in [-0.25, -0.2) is 12.8 Å². The fraction of sp³-hybridized carbons (Fsp3) is 0.294. The first-order chi connectivity index (χ1) is 11.0. The highest BCUT2D eigenvalue weighted by Gasteiger charge is 2.21. The largest absolute Gasteiger partial charge is 0.218 e. The van der Waals surface area contributed by atoms with Crippen molar-refractivity contribution in [2.45, 2.75) is 31.1 Å². The minimum absolute atomic E-state index is 0.315. The number of rotatable bonds is 4. The van der Waals surface area contributed by atoms with E-state index in [1.807, 2.05) is 20.8 Å². The van der Waals surface area contributed by atoms with Gasteiger partial charge in [0.2, 0.25) is 10.0 Å². The summed E-state index contributed by atoms with van der Waals surface area (Å²) in [5.41, 5.74) is 1.19. The molecule has 2 rings (SSSR count). The van der Waals surface area contributed by atoms with Gasteiger partial charge in [-0.2, -0.15) is 4.13 Å². The summed E-state index contributed by atoms with van der Waals surface area (Å²) in [7, 11) is -3.34. The van der Waals surface area contributed by atoms with Gasteiger partial charge in [-0.05, 0) is 41.1 Å². The van der Waals surface area contributed by atoms with Gasteiger partial charge in [-0.1, -0.05) is 50.6 Å². The van der Waals surface area contributed by atoms with E-state index in [0.717, 1.165) is 18.2 Å². The summed E-state index contributed by atoms with van der Waals surface area (Å²) in [4.78, 5) is 0.625. The summed E-state index contributed by atoms with van der Waals surface area (Å²) in [6.07, 6.45) is 1.07. The zero-order chi connectivity index (χ0) is 18.1. The summed E-state index contributed by atoms with van der Waals surface area (Å²) in [5.74, 6) is -0.315. The molecule has 0 aromatic heterocycles. The van der Waals surface area contributed by atoms with E-state index in [2.05, 4.69) is 4.13 Å². The number of halogens is 2. The fourth-order valence-corrected chi connectivity index (χ4v) is 3.74. The molecule has 7 heteroatoms.